The van der Waals surface area contributed by atoms with E-state index in [4.69, 9.17) is 4.42 Å². The highest BCUT2D eigenvalue weighted by Gasteiger charge is 2.15. The molecule has 0 aliphatic rings. The van der Waals surface area contributed by atoms with Gasteiger partial charge in [-0.15, -0.1) is 0 Å². The quantitative estimate of drug-likeness (QED) is 0.160. The first kappa shape index (κ1) is 33.9. The summed E-state index contributed by atoms with van der Waals surface area (Å²) in [4.78, 5) is 2.33. The minimum absolute atomic E-state index is 0.905. The first-order valence-corrected chi connectivity index (χ1v) is 19.3. The van der Waals surface area contributed by atoms with Crippen molar-refractivity contribution in [3.63, 3.8) is 0 Å². The number of nitrogens with zero attached hydrogens (tertiary/aromatic N) is 1. The van der Waals surface area contributed by atoms with Crippen LogP contribution in [0.4, 0.5) is 28.4 Å². The van der Waals surface area contributed by atoms with E-state index in [9.17, 15) is 0 Å². The second kappa shape index (κ2) is 14.9. The molecule has 1 aromatic heterocycles. The lowest BCUT2D eigenvalue weighted by Gasteiger charge is -2.26. The Morgan fingerprint density at radius 2 is 0.754 bits per heavy atom. The van der Waals surface area contributed by atoms with E-state index in [1.165, 1.54) is 22.3 Å². The number of rotatable bonds is 9. The monoisotopic (exact) mass is 730 g/mol. The SMILES string of the molecule is c1ccc(-c2ccc(N(c3ccc(-c4ccc(Nc5ccccc5-c5ccccc5)cc4)cc3)c3ccc(-c4ccc5oc6ccccc6c5c4)cc3)cc2)cc1. The number of fused-ring (bicyclic) bond motifs is 3. The van der Waals surface area contributed by atoms with Gasteiger partial charge >= 0.3 is 0 Å². The van der Waals surface area contributed by atoms with Crippen molar-refractivity contribution in [3.8, 4) is 44.5 Å². The van der Waals surface area contributed by atoms with Crippen LogP contribution in [0.25, 0.3) is 66.4 Å². The van der Waals surface area contributed by atoms with Gasteiger partial charge in [0, 0.05) is 44.8 Å². The number of anilines is 5. The second-order valence-corrected chi connectivity index (χ2v) is 14.3. The van der Waals surface area contributed by atoms with Crippen LogP contribution in [0, 0.1) is 0 Å². The van der Waals surface area contributed by atoms with Crippen molar-refractivity contribution in [3.05, 3.63) is 224 Å². The minimum atomic E-state index is 0.905. The molecule has 0 saturated carbocycles. The summed E-state index contributed by atoms with van der Waals surface area (Å²) in [5.74, 6) is 0. The molecule has 1 N–H and O–H groups in total. The summed E-state index contributed by atoms with van der Waals surface area (Å²) in [6, 6.07) is 79.4. The molecule has 3 heteroatoms. The molecule has 0 fully saturated rings. The number of benzene rings is 9. The smallest absolute Gasteiger partial charge is 0.135 e. The van der Waals surface area contributed by atoms with Gasteiger partial charge in [-0.3, -0.25) is 0 Å². The van der Waals surface area contributed by atoms with Crippen molar-refractivity contribution < 1.29 is 4.42 Å². The Labute approximate surface area is 332 Å². The lowest BCUT2D eigenvalue weighted by Crippen LogP contribution is -2.09. The van der Waals surface area contributed by atoms with Gasteiger partial charge in [-0.05, 0) is 112 Å². The molecule has 0 saturated heterocycles. The van der Waals surface area contributed by atoms with E-state index in [-0.39, 0.29) is 0 Å². The molecule has 0 amide bonds. The van der Waals surface area contributed by atoms with Gasteiger partial charge < -0.3 is 14.6 Å². The van der Waals surface area contributed by atoms with Crippen molar-refractivity contribution in [2.75, 3.05) is 10.2 Å². The molecule has 0 spiro atoms. The molecule has 0 unspecified atom stereocenters. The van der Waals surface area contributed by atoms with Crippen molar-refractivity contribution in [1.82, 2.24) is 0 Å². The number of hydrogen-bond acceptors (Lipinski definition) is 3. The van der Waals surface area contributed by atoms with Crippen LogP contribution in [-0.2, 0) is 0 Å². The summed E-state index contributed by atoms with van der Waals surface area (Å²) in [6.45, 7) is 0. The van der Waals surface area contributed by atoms with Crippen molar-refractivity contribution >= 4 is 50.4 Å². The number of furan rings is 1. The molecule has 0 bridgehead atoms. The molecule has 270 valence electrons. The standard InChI is InChI=1S/C54H38N2O/c1-3-11-38(12-4-1)40-21-30-46(31-22-40)56(48-34-25-42(26-35-48)44-27-36-54-51(37-44)50-16-8-10-18-53(50)57-54)47-32-23-41(24-33-47)39-19-28-45(29-20-39)55-52-17-9-7-15-49(52)43-13-5-2-6-14-43/h1-37,55H. The maximum absolute atomic E-state index is 6.10. The van der Waals surface area contributed by atoms with Crippen LogP contribution in [0.5, 0.6) is 0 Å². The van der Waals surface area contributed by atoms with Gasteiger partial charge in [0.05, 0.1) is 0 Å². The van der Waals surface area contributed by atoms with Crippen molar-refractivity contribution in [2.24, 2.45) is 0 Å². The molecule has 1 heterocycles. The van der Waals surface area contributed by atoms with Crippen LogP contribution in [0.3, 0.4) is 0 Å². The molecule has 57 heavy (non-hydrogen) atoms. The summed E-state index contributed by atoms with van der Waals surface area (Å²) < 4.78 is 6.10. The minimum Gasteiger partial charge on any atom is -0.456 e. The van der Waals surface area contributed by atoms with E-state index < -0.39 is 0 Å². The topological polar surface area (TPSA) is 28.4 Å². The van der Waals surface area contributed by atoms with Crippen molar-refractivity contribution in [1.29, 1.82) is 0 Å². The first-order valence-electron chi connectivity index (χ1n) is 19.3. The number of nitrogens with one attached hydrogen (secondary N) is 1. The molecule has 10 aromatic rings. The Bertz CT molecular complexity index is 2930. The predicted octanol–water partition coefficient (Wildman–Crippen LogP) is 15.5. The Morgan fingerprint density at radius 1 is 0.316 bits per heavy atom. The fourth-order valence-electron chi connectivity index (χ4n) is 7.76. The molecular weight excluding hydrogens is 693 g/mol. The summed E-state index contributed by atoms with van der Waals surface area (Å²) in [5.41, 5.74) is 16.6. The maximum atomic E-state index is 6.10. The first-order chi connectivity index (χ1) is 28.2. The summed E-state index contributed by atoms with van der Waals surface area (Å²) in [5, 5.41) is 5.91. The van der Waals surface area contributed by atoms with Crippen LogP contribution >= 0.6 is 0 Å². The third-order valence-electron chi connectivity index (χ3n) is 10.7. The number of para-hydroxylation sites is 2. The van der Waals surface area contributed by atoms with E-state index in [1.807, 2.05) is 12.1 Å². The lowest BCUT2D eigenvalue weighted by atomic mass is 10.0. The summed E-state index contributed by atoms with van der Waals surface area (Å²) >= 11 is 0. The third kappa shape index (κ3) is 6.84. The fraction of sp³-hybridized carbons (Fsp3) is 0. The normalized spacial score (nSPS) is 11.2. The van der Waals surface area contributed by atoms with Gasteiger partial charge in [0.2, 0.25) is 0 Å². The van der Waals surface area contributed by atoms with Crippen LogP contribution in [0.2, 0.25) is 0 Å². The van der Waals surface area contributed by atoms with Crippen molar-refractivity contribution in [2.45, 2.75) is 0 Å². The van der Waals surface area contributed by atoms with Crippen LogP contribution < -0.4 is 10.2 Å². The highest BCUT2D eigenvalue weighted by Crippen LogP contribution is 2.39. The van der Waals surface area contributed by atoms with Gasteiger partial charge in [0.25, 0.3) is 0 Å². The highest BCUT2D eigenvalue weighted by molar-refractivity contribution is 6.06. The molecule has 0 atom stereocenters. The largest absolute Gasteiger partial charge is 0.456 e. The van der Waals surface area contributed by atoms with Gasteiger partial charge in [0.1, 0.15) is 11.2 Å². The molecule has 9 aromatic carbocycles. The zero-order chi connectivity index (χ0) is 38.0. The summed E-state index contributed by atoms with van der Waals surface area (Å²) in [6.07, 6.45) is 0. The molecular formula is C54H38N2O. The van der Waals surface area contributed by atoms with E-state index in [1.54, 1.807) is 0 Å². The van der Waals surface area contributed by atoms with Crippen LogP contribution in [0.1, 0.15) is 0 Å². The van der Waals surface area contributed by atoms with Gasteiger partial charge in [-0.2, -0.15) is 0 Å². The Hall–Kier alpha value is -7.62. The molecule has 10 rings (SSSR count). The van der Waals surface area contributed by atoms with E-state index in [2.05, 4.69) is 223 Å². The Balaban J connectivity index is 0.946. The van der Waals surface area contributed by atoms with E-state index in [0.717, 1.165) is 72.6 Å². The Morgan fingerprint density at radius 3 is 1.37 bits per heavy atom. The maximum Gasteiger partial charge on any atom is 0.135 e. The van der Waals surface area contributed by atoms with E-state index >= 15 is 0 Å². The highest BCUT2D eigenvalue weighted by atomic mass is 16.3. The zero-order valence-corrected chi connectivity index (χ0v) is 31.2. The summed E-state index contributed by atoms with van der Waals surface area (Å²) in [7, 11) is 0. The molecule has 0 aliphatic carbocycles. The average Bonchev–Trinajstić information content (AvgIpc) is 3.66. The average molecular weight is 731 g/mol. The van der Waals surface area contributed by atoms with Gasteiger partial charge in [-0.25, -0.2) is 0 Å². The zero-order valence-electron chi connectivity index (χ0n) is 31.2. The lowest BCUT2D eigenvalue weighted by molar-refractivity contribution is 0.669. The molecule has 0 radical (unpaired) electrons. The molecule has 0 aliphatic heterocycles. The third-order valence-corrected chi connectivity index (χ3v) is 10.7. The predicted molar refractivity (Wildman–Crippen MR) is 240 cm³/mol. The molecule has 3 nitrogen and oxygen atoms in total. The van der Waals surface area contributed by atoms with Crippen LogP contribution in [0.15, 0.2) is 229 Å². The van der Waals surface area contributed by atoms with Crippen LogP contribution in [-0.4, -0.2) is 0 Å². The second-order valence-electron chi connectivity index (χ2n) is 14.3. The Kier molecular flexibility index (Phi) is 8.86. The number of hydrogen-bond donors (Lipinski definition) is 1. The van der Waals surface area contributed by atoms with E-state index in [0.29, 0.717) is 0 Å². The fourth-order valence-corrected chi connectivity index (χ4v) is 7.76. The van der Waals surface area contributed by atoms with Gasteiger partial charge in [0.15, 0.2) is 0 Å². The van der Waals surface area contributed by atoms with Gasteiger partial charge in [-0.1, -0.05) is 152 Å².